The molecule has 1 fully saturated rings. The summed E-state index contributed by atoms with van der Waals surface area (Å²) in [6.07, 6.45) is 2.89. The Morgan fingerprint density at radius 1 is 0.850 bits per heavy atom. The zero-order valence-electron chi connectivity index (χ0n) is 10.3. The fraction of sp³-hybridized carbons (Fsp3) is 0.286. The fourth-order valence-electron chi connectivity index (χ4n) is 3.03. The molecule has 0 bridgehead atoms. The third-order valence-electron chi connectivity index (χ3n) is 3.86. The zero-order valence-corrected chi connectivity index (χ0v) is 10.3. The molecule has 3 rings (SSSR count). The summed E-state index contributed by atoms with van der Waals surface area (Å²) in [5.74, 6) is -4.44. The third kappa shape index (κ3) is 1.72. The molecular formula is C14H12O6. The summed E-state index contributed by atoms with van der Waals surface area (Å²) in [5.41, 5.74) is 0. The maximum Gasteiger partial charge on any atom is 0.308 e. The second-order valence-electron chi connectivity index (χ2n) is 4.81. The average Bonchev–Trinajstić information content (AvgIpc) is 2.98. The number of hydrogen-bond acceptors (Lipinski definition) is 4. The lowest BCUT2D eigenvalue weighted by atomic mass is 9.55. The lowest BCUT2D eigenvalue weighted by Gasteiger charge is -2.45. The van der Waals surface area contributed by atoms with Crippen molar-refractivity contribution in [3.63, 3.8) is 0 Å². The van der Waals surface area contributed by atoms with Crippen molar-refractivity contribution in [2.24, 2.45) is 11.8 Å². The van der Waals surface area contributed by atoms with Gasteiger partial charge in [-0.3, -0.25) is 9.59 Å². The molecule has 104 valence electrons. The minimum atomic E-state index is -1.14. The summed E-state index contributed by atoms with van der Waals surface area (Å²) in [4.78, 5) is 22.8. The van der Waals surface area contributed by atoms with Gasteiger partial charge in [0.15, 0.2) is 0 Å². The van der Waals surface area contributed by atoms with Gasteiger partial charge in [0, 0.05) is 11.8 Å². The maximum atomic E-state index is 11.4. The van der Waals surface area contributed by atoms with Gasteiger partial charge in [0.25, 0.3) is 0 Å². The number of carbonyl (C=O) groups is 2. The summed E-state index contributed by atoms with van der Waals surface area (Å²) in [7, 11) is 0. The van der Waals surface area contributed by atoms with Crippen LogP contribution >= 0.6 is 0 Å². The minimum absolute atomic E-state index is 0.469. The number of carboxylic acid groups (broad SMARTS) is 2. The van der Waals surface area contributed by atoms with Gasteiger partial charge < -0.3 is 19.0 Å². The van der Waals surface area contributed by atoms with E-state index in [1.807, 2.05) is 0 Å². The van der Waals surface area contributed by atoms with Crippen molar-refractivity contribution in [2.75, 3.05) is 0 Å². The molecule has 4 atom stereocenters. The summed E-state index contributed by atoms with van der Waals surface area (Å²) in [6, 6.07) is 6.63. The second-order valence-corrected chi connectivity index (χ2v) is 4.81. The van der Waals surface area contributed by atoms with E-state index in [1.165, 1.54) is 12.5 Å². The van der Waals surface area contributed by atoms with Crippen LogP contribution in [0.4, 0.5) is 0 Å². The molecule has 0 spiro atoms. The lowest BCUT2D eigenvalue weighted by Crippen LogP contribution is -2.51. The number of aliphatic carboxylic acids is 2. The molecular weight excluding hydrogens is 264 g/mol. The molecule has 6 nitrogen and oxygen atoms in total. The van der Waals surface area contributed by atoms with Crippen LogP contribution in [0.2, 0.25) is 0 Å². The lowest BCUT2D eigenvalue weighted by molar-refractivity contribution is -0.165. The first-order chi connectivity index (χ1) is 9.61. The molecule has 0 aliphatic heterocycles. The Labute approximate surface area is 113 Å². The van der Waals surface area contributed by atoms with E-state index in [4.69, 9.17) is 8.83 Å². The molecule has 2 heterocycles. The van der Waals surface area contributed by atoms with E-state index >= 15 is 0 Å². The van der Waals surface area contributed by atoms with E-state index < -0.39 is 35.6 Å². The number of carboxylic acids is 2. The van der Waals surface area contributed by atoms with Gasteiger partial charge in [-0.2, -0.15) is 0 Å². The maximum absolute atomic E-state index is 11.4. The van der Waals surface area contributed by atoms with Crippen LogP contribution in [0, 0.1) is 11.8 Å². The summed E-state index contributed by atoms with van der Waals surface area (Å²) in [6.45, 7) is 0. The Morgan fingerprint density at radius 2 is 1.25 bits per heavy atom. The minimum Gasteiger partial charge on any atom is -0.481 e. The van der Waals surface area contributed by atoms with E-state index in [2.05, 4.69) is 0 Å². The van der Waals surface area contributed by atoms with Crippen molar-refractivity contribution in [1.82, 2.24) is 0 Å². The highest BCUT2D eigenvalue weighted by Crippen LogP contribution is 2.58. The monoisotopic (exact) mass is 276 g/mol. The van der Waals surface area contributed by atoms with Crippen LogP contribution in [0.15, 0.2) is 45.6 Å². The van der Waals surface area contributed by atoms with Gasteiger partial charge in [-0.05, 0) is 24.3 Å². The molecule has 0 radical (unpaired) electrons. The molecule has 0 aromatic carbocycles. The molecule has 6 heteroatoms. The summed E-state index contributed by atoms with van der Waals surface area (Å²) in [5, 5.41) is 18.6. The van der Waals surface area contributed by atoms with Crippen LogP contribution in [0.3, 0.4) is 0 Å². The summed E-state index contributed by atoms with van der Waals surface area (Å²) < 4.78 is 10.6. The standard InChI is InChI=1S/C14H12O6/c15-13(16)11-9(7-3-1-5-19-7)10(12(11)14(17)18)8-4-2-6-20-8/h1-6,9-12H,(H,15,16)(H,17,18)/t9-,10+,11+,12-. The van der Waals surface area contributed by atoms with Crippen molar-refractivity contribution in [2.45, 2.75) is 11.8 Å². The Hall–Kier alpha value is -2.50. The first kappa shape index (κ1) is 12.5. The number of furan rings is 2. The molecule has 2 aromatic heterocycles. The highest BCUT2D eigenvalue weighted by molar-refractivity contribution is 5.85. The SMILES string of the molecule is O=C(O)[C@@H]1[C@H](C(=O)O)[C@@H](c2ccco2)[C@H]1c1ccco1. The molecule has 2 aromatic rings. The van der Waals surface area contributed by atoms with Crippen molar-refractivity contribution in [3.05, 3.63) is 48.3 Å². The van der Waals surface area contributed by atoms with Gasteiger partial charge in [0.1, 0.15) is 11.5 Å². The van der Waals surface area contributed by atoms with Crippen LogP contribution in [0.5, 0.6) is 0 Å². The first-order valence-electron chi connectivity index (χ1n) is 6.13. The Kier molecular flexibility index (Phi) is 2.85. The number of hydrogen-bond donors (Lipinski definition) is 2. The van der Waals surface area contributed by atoms with Crippen molar-refractivity contribution < 1.29 is 28.6 Å². The average molecular weight is 276 g/mol. The Bertz CT molecular complexity index is 556. The molecule has 1 aliphatic rings. The second kappa shape index (κ2) is 4.56. The fourth-order valence-corrected chi connectivity index (χ4v) is 3.03. The quantitative estimate of drug-likeness (QED) is 0.887. The largest absolute Gasteiger partial charge is 0.481 e. The van der Waals surface area contributed by atoms with Crippen LogP contribution in [-0.2, 0) is 9.59 Å². The van der Waals surface area contributed by atoms with Crippen molar-refractivity contribution >= 4 is 11.9 Å². The van der Waals surface area contributed by atoms with E-state index in [-0.39, 0.29) is 0 Å². The Morgan fingerprint density at radius 3 is 1.50 bits per heavy atom. The third-order valence-corrected chi connectivity index (χ3v) is 3.86. The molecule has 0 amide bonds. The zero-order chi connectivity index (χ0) is 14.3. The van der Waals surface area contributed by atoms with Crippen molar-refractivity contribution in [3.8, 4) is 0 Å². The van der Waals surface area contributed by atoms with E-state index in [0.29, 0.717) is 11.5 Å². The van der Waals surface area contributed by atoms with Crippen LogP contribution < -0.4 is 0 Å². The highest BCUT2D eigenvalue weighted by atomic mass is 16.4. The first-order valence-corrected chi connectivity index (χ1v) is 6.13. The Balaban J connectivity index is 2.03. The van der Waals surface area contributed by atoms with Gasteiger partial charge in [0.05, 0.1) is 24.4 Å². The summed E-state index contributed by atoms with van der Waals surface area (Å²) >= 11 is 0. The van der Waals surface area contributed by atoms with Gasteiger partial charge in [-0.25, -0.2) is 0 Å². The van der Waals surface area contributed by atoms with Crippen LogP contribution in [-0.4, -0.2) is 22.2 Å². The molecule has 1 aliphatic carbocycles. The van der Waals surface area contributed by atoms with E-state index in [9.17, 15) is 19.8 Å². The highest BCUT2D eigenvalue weighted by Gasteiger charge is 2.61. The van der Waals surface area contributed by atoms with Gasteiger partial charge in [0.2, 0.25) is 0 Å². The predicted octanol–water partition coefficient (Wildman–Crippen LogP) is 2.16. The smallest absolute Gasteiger partial charge is 0.308 e. The predicted molar refractivity (Wildman–Crippen MR) is 65.1 cm³/mol. The van der Waals surface area contributed by atoms with Gasteiger partial charge >= 0.3 is 11.9 Å². The van der Waals surface area contributed by atoms with Crippen molar-refractivity contribution in [1.29, 1.82) is 0 Å². The molecule has 0 saturated heterocycles. The van der Waals surface area contributed by atoms with Crippen LogP contribution in [0.25, 0.3) is 0 Å². The normalized spacial score (nSPS) is 28.8. The van der Waals surface area contributed by atoms with E-state index in [1.54, 1.807) is 24.3 Å². The topological polar surface area (TPSA) is 101 Å². The molecule has 0 unspecified atom stereocenters. The van der Waals surface area contributed by atoms with Gasteiger partial charge in [-0.15, -0.1) is 0 Å². The molecule has 2 N–H and O–H groups in total. The number of rotatable bonds is 4. The molecule has 20 heavy (non-hydrogen) atoms. The molecule has 1 saturated carbocycles. The van der Waals surface area contributed by atoms with Gasteiger partial charge in [-0.1, -0.05) is 0 Å². The van der Waals surface area contributed by atoms with Crippen LogP contribution in [0.1, 0.15) is 23.4 Å². The van der Waals surface area contributed by atoms with E-state index in [0.717, 1.165) is 0 Å².